The lowest BCUT2D eigenvalue weighted by atomic mass is 10.2. The lowest BCUT2D eigenvalue weighted by Crippen LogP contribution is -2.22. The van der Waals surface area contributed by atoms with Crippen molar-refractivity contribution < 1.29 is 0 Å². The number of nitrogens with zero attached hydrogens (tertiary/aromatic N) is 3. The second kappa shape index (κ2) is 4.67. The van der Waals surface area contributed by atoms with Gasteiger partial charge in [0.05, 0.1) is 12.2 Å². The quantitative estimate of drug-likeness (QED) is 0.792. The molecule has 2 rings (SSSR count). The van der Waals surface area contributed by atoms with Gasteiger partial charge >= 0.3 is 5.69 Å². The van der Waals surface area contributed by atoms with Crippen molar-refractivity contribution in [1.82, 2.24) is 14.5 Å². The Morgan fingerprint density at radius 1 is 1.25 bits per heavy atom. The van der Waals surface area contributed by atoms with Gasteiger partial charge in [0.15, 0.2) is 0 Å². The molecule has 0 radical (unpaired) electrons. The highest BCUT2D eigenvalue weighted by Gasteiger charge is 2.03. The van der Waals surface area contributed by atoms with E-state index < -0.39 is 0 Å². The standard InChI is InChI=1S/C11H12N4O/c12-7-10-9(3-1-4-13-10)8-15-6-2-5-14-11(15)16/h1-6H,7-8,12H2. The highest BCUT2D eigenvalue weighted by molar-refractivity contribution is 5.19. The summed E-state index contributed by atoms with van der Waals surface area (Å²) in [4.78, 5) is 19.3. The Kier molecular flexibility index (Phi) is 3.07. The summed E-state index contributed by atoms with van der Waals surface area (Å²) in [5, 5.41) is 0. The smallest absolute Gasteiger partial charge is 0.325 e. The van der Waals surface area contributed by atoms with Crippen molar-refractivity contribution >= 4 is 0 Å². The van der Waals surface area contributed by atoms with E-state index >= 15 is 0 Å². The maximum atomic E-state index is 11.4. The van der Waals surface area contributed by atoms with Gasteiger partial charge in [-0.1, -0.05) is 6.07 Å². The maximum absolute atomic E-state index is 11.4. The Hall–Kier alpha value is -2.01. The van der Waals surface area contributed by atoms with Crippen LogP contribution in [-0.2, 0) is 13.1 Å². The van der Waals surface area contributed by atoms with Gasteiger partial charge in [-0.15, -0.1) is 0 Å². The zero-order valence-corrected chi connectivity index (χ0v) is 8.71. The van der Waals surface area contributed by atoms with Gasteiger partial charge in [-0.3, -0.25) is 9.55 Å². The van der Waals surface area contributed by atoms with Crippen LogP contribution < -0.4 is 11.4 Å². The van der Waals surface area contributed by atoms with Crippen LogP contribution in [0.5, 0.6) is 0 Å². The molecule has 0 unspecified atom stereocenters. The van der Waals surface area contributed by atoms with E-state index in [0.29, 0.717) is 13.1 Å². The van der Waals surface area contributed by atoms with E-state index in [1.54, 1.807) is 18.5 Å². The highest BCUT2D eigenvalue weighted by atomic mass is 16.1. The average molecular weight is 216 g/mol. The molecule has 0 amide bonds. The lowest BCUT2D eigenvalue weighted by molar-refractivity contribution is 0.714. The molecule has 0 saturated heterocycles. The summed E-state index contributed by atoms with van der Waals surface area (Å²) in [6.07, 6.45) is 4.87. The number of aromatic nitrogens is 3. The third kappa shape index (κ3) is 2.14. The van der Waals surface area contributed by atoms with Crippen LogP contribution in [0.2, 0.25) is 0 Å². The van der Waals surface area contributed by atoms with Crippen LogP contribution in [0, 0.1) is 0 Å². The number of rotatable bonds is 3. The van der Waals surface area contributed by atoms with Crippen molar-refractivity contribution in [3.63, 3.8) is 0 Å². The van der Waals surface area contributed by atoms with Gasteiger partial charge in [-0.25, -0.2) is 9.78 Å². The minimum Gasteiger partial charge on any atom is -0.325 e. The first-order chi connectivity index (χ1) is 7.81. The van der Waals surface area contributed by atoms with Crippen molar-refractivity contribution in [1.29, 1.82) is 0 Å². The molecular formula is C11H12N4O. The summed E-state index contributed by atoms with van der Waals surface area (Å²) in [5.41, 5.74) is 7.06. The Morgan fingerprint density at radius 2 is 2.06 bits per heavy atom. The van der Waals surface area contributed by atoms with Crippen LogP contribution in [0.4, 0.5) is 0 Å². The number of hydrogen-bond donors (Lipinski definition) is 1. The lowest BCUT2D eigenvalue weighted by Gasteiger charge is -2.07. The molecule has 2 aromatic rings. The molecule has 16 heavy (non-hydrogen) atoms. The predicted molar refractivity (Wildman–Crippen MR) is 59.7 cm³/mol. The van der Waals surface area contributed by atoms with E-state index in [9.17, 15) is 4.79 Å². The van der Waals surface area contributed by atoms with Gasteiger partial charge in [0, 0.05) is 25.1 Å². The Bertz CT molecular complexity index is 535. The molecule has 5 heteroatoms. The Morgan fingerprint density at radius 3 is 2.81 bits per heavy atom. The van der Waals surface area contributed by atoms with Crippen molar-refractivity contribution in [3.8, 4) is 0 Å². The Balaban J connectivity index is 2.34. The van der Waals surface area contributed by atoms with E-state index in [2.05, 4.69) is 9.97 Å². The van der Waals surface area contributed by atoms with E-state index in [0.717, 1.165) is 11.3 Å². The van der Waals surface area contributed by atoms with Crippen LogP contribution in [-0.4, -0.2) is 14.5 Å². The van der Waals surface area contributed by atoms with E-state index in [4.69, 9.17) is 5.73 Å². The van der Waals surface area contributed by atoms with Crippen LogP contribution >= 0.6 is 0 Å². The largest absolute Gasteiger partial charge is 0.347 e. The number of pyridine rings is 1. The van der Waals surface area contributed by atoms with Crippen LogP contribution in [0.15, 0.2) is 41.6 Å². The molecule has 0 spiro atoms. The van der Waals surface area contributed by atoms with E-state index in [1.165, 1.54) is 10.8 Å². The fourth-order valence-corrected chi connectivity index (χ4v) is 1.49. The second-order valence-electron chi connectivity index (χ2n) is 3.34. The van der Waals surface area contributed by atoms with Gasteiger partial charge in [0.1, 0.15) is 0 Å². The number of nitrogens with two attached hydrogens (primary N) is 1. The highest BCUT2D eigenvalue weighted by Crippen LogP contribution is 2.05. The SMILES string of the molecule is NCc1ncccc1Cn1cccnc1=O. The second-order valence-corrected chi connectivity index (χ2v) is 3.34. The summed E-state index contributed by atoms with van der Waals surface area (Å²) >= 11 is 0. The van der Waals surface area contributed by atoms with Crippen LogP contribution in [0.25, 0.3) is 0 Å². The molecule has 2 aromatic heterocycles. The van der Waals surface area contributed by atoms with E-state index in [1.807, 2.05) is 12.1 Å². The molecule has 0 aliphatic rings. The van der Waals surface area contributed by atoms with Gasteiger partial charge in [0.2, 0.25) is 0 Å². The van der Waals surface area contributed by atoms with E-state index in [-0.39, 0.29) is 5.69 Å². The molecule has 0 saturated carbocycles. The minimum atomic E-state index is -0.269. The molecule has 82 valence electrons. The molecule has 0 aliphatic carbocycles. The molecule has 0 fully saturated rings. The first-order valence-corrected chi connectivity index (χ1v) is 4.95. The van der Waals surface area contributed by atoms with Crippen LogP contribution in [0.3, 0.4) is 0 Å². The van der Waals surface area contributed by atoms with Crippen molar-refractivity contribution in [2.75, 3.05) is 0 Å². The first kappa shape index (κ1) is 10.5. The third-order valence-electron chi connectivity index (χ3n) is 2.30. The fourth-order valence-electron chi connectivity index (χ4n) is 1.49. The summed E-state index contributed by atoms with van der Waals surface area (Å²) in [6.45, 7) is 0.818. The Labute approximate surface area is 92.6 Å². The topological polar surface area (TPSA) is 73.8 Å². The summed E-state index contributed by atoms with van der Waals surface area (Å²) in [6, 6.07) is 5.46. The predicted octanol–water partition coefficient (Wildman–Crippen LogP) is 0.145. The van der Waals surface area contributed by atoms with Gasteiger partial charge in [0.25, 0.3) is 0 Å². The van der Waals surface area contributed by atoms with Gasteiger partial charge in [-0.2, -0.15) is 0 Å². The molecule has 0 aromatic carbocycles. The normalized spacial score (nSPS) is 10.3. The average Bonchev–Trinajstić information content (AvgIpc) is 2.33. The monoisotopic (exact) mass is 216 g/mol. The molecular weight excluding hydrogens is 204 g/mol. The number of hydrogen-bond acceptors (Lipinski definition) is 4. The molecule has 0 atom stereocenters. The first-order valence-electron chi connectivity index (χ1n) is 4.95. The molecule has 0 bridgehead atoms. The zero-order valence-electron chi connectivity index (χ0n) is 8.71. The molecule has 0 aliphatic heterocycles. The molecule has 5 nitrogen and oxygen atoms in total. The molecule has 2 N–H and O–H groups in total. The van der Waals surface area contributed by atoms with Crippen LogP contribution in [0.1, 0.15) is 11.3 Å². The van der Waals surface area contributed by atoms with Crippen molar-refractivity contribution in [2.45, 2.75) is 13.1 Å². The van der Waals surface area contributed by atoms with Crippen molar-refractivity contribution in [3.05, 3.63) is 58.5 Å². The van der Waals surface area contributed by atoms with Gasteiger partial charge < -0.3 is 5.73 Å². The summed E-state index contributed by atoms with van der Waals surface area (Å²) in [5.74, 6) is 0. The van der Waals surface area contributed by atoms with Gasteiger partial charge in [-0.05, 0) is 17.7 Å². The molecule has 2 heterocycles. The maximum Gasteiger partial charge on any atom is 0.347 e. The zero-order chi connectivity index (χ0) is 11.4. The fraction of sp³-hybridized carbons (Fsp3) is 0.182. The third-order valence-corrected chi connectivity index (χ3v) is 2.30. The minimum absolute atomic E-state index is 0.269. The summed E-state index contributed by atoms with van der Waals surface area (Å²) in [7, 11) is 0. The van der Waals surface area contributed by atoms with Crippen molar-refractivity contribution in [2.24, 2.45) is 5.73 Å². The summed E-state index contributed by atoms with van der Waals surface area (Å²) < 4.78 is 1.52.